The summed E-state index contributed by atoms with van der Waals surface area (Å²) in [6.07, 6.45) is 2.92. The lowest BCUT2D eigenvalue weighted by Crippen LogP contribution is -2.29. The lowest BCUT2D eigenvalue weighted by Gasteiger charge is -2.20. The molecule has 5 heteroatoms. The second kappa shape index (κ2) is 9.96. The van der Waals surface area contributed by atoms with Crippen molar-refractivity contribution in [3.05, 3.63) is 95.8 Å². The molecular formula is C27H25FN2OS. The molecule has 4 aromatic rings. The molecule has 4 rings (SSSR count). The molecule has 1 atom stereocenters. The van der Waals surface area contributed by atoms with E-state index in [0.717, 1.165) is 38.2 Å². The number of carbonyl (C=O) groups excluding carboxylic acids is 1. The van der Waals surface area contributed by atoms with E-state index in [9.17, 15) is 9.18 Å². The number of nitrogens with zero attached hydrogens (tertiary/aromatic N) is 1. The Morgan fingerprint density at radius 3 is 2.50 bits per heavy atom. The summed E-state index contributed by atoms with van der Waals surface area (Å²) < 4.78 is 13.7. The number of halogens is 1. The largest absolute Gasteiger partial charge is 0.349 e. The van der Waals surface area contributed by atoms with Crippen molar-refractivity contribution in [1.29, 1.82) is 0 Å². The molecule has 1 N–H and O–H groups in total. The fraction of sp³-hybridized carbons (Fsp3) is 0.185. The van der Waals surface area contributed by atoms with Crippen LogP contribution >= 0.6 is 11.8 Å². The molecule has 162 valence electrons. The Morgan fingerprint density at radius 1 is 1.03 bits per heavy atom. The van der Waals surface area contributed by atoms with Gasteiger partial charge >= 0.3 is 0 Å². The van der Waals surface area contributed by atoms with Gasteiger partial charge in [0.25, 0.3) is 0 Å². The quantitative estimate of drug-likeness (QED) is 0.328. The van der Waals surface area contributed by atoms with Gasteiger partial charge in [-0.2, -0.15) is 0 Å². The highest BCUT2D eigenvalue weighted by molar-refractivity contribution is 7.98. The van der Waals surface area contributed by atoms with Gasteiger partial charge in [-0.1, -0.05) is 67.6 Å². The monoisotopic (exact) mass is 444 g/mol. The Balaban J connectivity index is 1.72. The van der Waals surface area contributed by atoms with E-state index in [1.54, 1.807) is 17.8 Å². The number of amides is 1. The predicted octanol–water partition coefficient (Wildman–Crippen LogP) is 6.57. The zero-order valence-electron chi connectivity index (χ0n) is 18.1. The third-order valence-electron chi connectivity index (χ3n) is 5.53. The van der Waals surface area contributed by atoms with Crippen molar-refractivity contribution in [1.82, 2.24) is 10.3 Å². The minimum atomic E-state index is -0.299. The van der Waals surface area contributed by atoms with Crippen LogP contribution in [0.3, 0.4) is 0 Å². The first-order valence-electron chi connectivity index (χ1n) is 10.7. The summed E-state index contributed by atoms with van der Waals surface area (Å²) in [4.78, 5) is 19.1. The van der Waals surface area contributed by atoms with Crippen molar-refractivity contribution in [2.24, 2.45) is 0 Å². The van der Waals surface area contributed by atoms with Gasteiger partial charge in [0, 0.05) is 15.8 Å². The highest BCUT2D eigenvalue weighted by Gasteiger charge is 2.20. The lowest BCUT2D eigenvalue weighted by atomic mass is 10.00. The zero-order chi connectivity index (χ0) is 22.5. The third-order valence-corrected chi connectivity index (χ3v) is 6.38. The number of nitrogens with one attached hydrogen (secondary N) is 1. The van der Waals surface area contributed by atoms with Crippen molar-refractivity contribution in [2.75, 3.05) is 6.26 Å². The van der Waals surface area contributed by atoms with Crippen LogP contribution in [0, 0.1) is 5.82 Å². The van der Waals surface area contributed by atoms with Crippen LogP contribution in [0.15, 0.2) is 83.8 Å². The average molecular weight is 445 g/mol. The second-order valence-electron chi connectivity index (χ2n) is 7.62. The molecule has 0 aliphatic heterocycles. The number of hydrogen-bond acceptors (Lipinski definition) is 3. The maximum atomic E-state index is 13.7. The topological polar surface area (TPSA) is 42.0 Å². The molecule has 1 unspecified atom stereocenters. The van der Waals surface area contributed by atoms with Gasteiger partial charge in [0.05, 0.1) is 23.7 Å². The Bertz CT molecular complexity index is 1240. The van der Waals surface area contributed by atoms with E-state index in [2.05, 4.69) is 5.32 Å². The summed E-state index contributed by atoms with van der Waals surface area (Å²) in [6.45, 7) is 1.98. The van der Waals surface area contributed by atoms with Gasteiger partial charge in [-0.05, 0) is 42.0 Å². The summed E-state index contributed by atoms with van der Waals surface area (Å²) in [5.74, 6) is -0.390. The Morgan fingerprint density at radius 2 is 1.78 bits per heavy atom. The number of fused-ring (bicyclic) bond motifs is 1. The second-order valence-corrected chi connectivity index (χ2v) is 8.43. The van der Waals surface area contributed by atoms with Gasteiger partial charge in [-0.3, -0.25) is 4.79 Å². The Labute approximate surface area is 192 Å². The molecule has 3 nitrogen and oxygen atoms in total. The van der Waals surface area contributed by atoms with Crippen LogP contribution in [0.1, 0.15) is 30.5 Å². The first-order valence-corrected chi connectivity index (χ1v) is 11.9. The molecule has 0 aliphatic carbocycles. The van der Waals surface area contributed by atoms with Gasteiger partial charge in [0.1, 0.15) is 5.82 Å². The van der Waals surface area contributed by atoms with E-state index in [0.29, 0.717) is 6.42 Å². The van der Waals surface area contributed by atoms with Crippen molar-refractivity contribution >= 4 is 28.6 Å². The molecule has 0 fully saturated rings. The highest BCUT2D eigenvalue weighted by atomic mass is 32.2. The number of para-hydroxylation sites is 1. The maximum absolute atomic E-state index is 13.7. The molecule has 0 bridgehead atoms. The number of rotatable bonds is 7. The smallest absolute Gasteiger partial charge is 0.224 e. The van der Waals surface area contributed by atoms with Crippen LogP contribution in [0.4, 0.5) is 4.39 Å². The first kappa shape index (κ1) is 22.0. The number of aromatic nitrogens is 1. The lowest BCUT2D eigenvalue weighted by molar-refractivity contribution is -0.121. The van der Waals surface area contributed by atoms with Crippen molar-refractivity contribution in [2.45, 2.75) is 30.7 Å². The summed E-state index contributed by atoms with van der Waals surface area (Å²) in [5, 5.41) is 4.08. The van der Waals surface area contributed by atoms with Crippen LogP contribution in [0.2, 0.25) is 0 Å². The van der Waals surface area contributed by atoms with Crippen molar-refractivity contribution in [3.8, 4) is 11.3 Å². The fourth-order valence-electron chi connectivity index (χ4n) is 4.00. The summed E-state index contributed by atoms with van der Waals surface area (Å²) in [6, 6.07) is 24.2. The number of thioether (sulfide) groups is 1. The van der Waals surface area contributed by atoms with Crippen molar-refractivity contribution < 1.29 is 9.18 Å². The van der Waals surface area contributed by atoms with Crippen LogP contribution in [0.25, 0.3) is 22.2 Å². The summed E-state index contributed by atoms with van der Waals surface area (Å²) in [5.41, 5.74) is 4.51. The molecule has 0 saturated carbocycles. The molecule has 0 radical (unpaired) electrons. The molecule has 1 heterocycles. The number of benzene rings is 3. The number of carbonyl (C=O) groups is 1. The number of pyridine rings is 1. The van der Waals surface area contributed by atoms with Crippen molar-refractivity contribution in [3.63, 3.8) is 0 Å². The summed E-state index contributed by atoms with van der Waals surface area (Å²) >= 11 is 1.60. The molecule has 1 aromatic heterocycles. The van der Waals surface area contributed by atoms with Crippen LogP contribution < -0.4 is 5.32 Å². The molecule has 0 spiro atoms. The highest BCUT2D eigenvalue weighted by Crippen LogP contribution is 2.36. The Kier molecular flexibility index (Phi) is 6.86. The summed E-state index contributed by atoms with van der Waals surface area (Å²) in [7, 11) is 0. The molecule has 0 aliphatic rings. The maximum Gasteiger partial charge on any atom is 0.224 e. The van der Waals surface area contributed by atoms with Crippen LogP contribution in [0.5, 0.6) is 0 Å². The third kappa shape index (κ3) is 4.68. The average Bonchev–Trinajstić information content (AvgIpc) is 2.82. The van der Waals surface area contributed by atoms with Gasteiger partial charge in [0.15, 0.2) is 0 Å². The standard InChI is InChI=1S/C27H25FN2OS/c1-3-23(19-12-9-13-20(28)16-19)29-25(31)17-22-21-14-7-8-15-24(21)30-26(27(22)32-2)18-10-5-4-6-11-18/h4-16,23H,3,17H2,1-2H3,(H,29,31). The minimum Gasteiger partial charge on any atom is -0.349 e. The van der Waals surface area contributed by atoms with Gasteiger partial charge in [-0.15, -0.1) is 11.8 Å². The fourth-order valence-corrected chi connectivity index (χ4v) is 4.79. The zero-order valence-corrected chi connectivity index (χ0v) is 19.0. The predicted molar refractivity (Wildman–Crippen MR) is 130 cm³/mol. The Hall–Kier alpha value is -3.18. The van der Waals surface area contributed by atoms with E-state index in [4.69, 9.17) is 4.98 Å². The van der Waals surface area contributed by atoms with E-state index in [1.807, 2.05) is 73.8 Å². The SMILES string of the molecule is CCC(NC(=O)Cc1c(SC)c(-c2ccccc2)nc2ccccc12)c1cccc(F)c1. The van der Waals surface area contributed by atoms with Gasteiger partial charge in [-0.25, -0.2) is 9.37 Å². The van der Waals surface area contributed by atoms with E-state index in [-0.39, 0.29) is 24.2 Å². The molecule has 1 amide bonds. The van der Waals surface area contributed by atoms with Crippen LogP contribution in [-0.2, 0) is 11.2 Å². The molecule has 0 saturated heterocycles. The molecular weight excluding hydrogens is 419 g/mol. The first-order chi connectivity index (χ1) is 15.6. The molecule has 3 aromatic carbocycles. The van der Waals surface area contributed by atoms with E-state index < -0.39 is 0 Å². The van der Waals surface area contributed by atoms with Gasteiger partial charge in [0.2, 0.25) is 5.91 Å². The normalized spacial score (nSPS) is 12.0. The van der Waals surface area contributed by atoms with Gasteiger partial charge < -0.3 is 5.32 Å². The number of hydrogen-bond donors (Lipinski definition) is 1. The molecule has 32 heavy (non-hydrogen) atoms. The minimum absolute atomic E-state index is 0.0909. The van der Waals surface area contributed by atoms with E-state index >= 15 is 0 Å². The van der Waals surface area contributed by atoms with E-state index in [1.165, 1.54) is 12.1 Å². The van der Waals surface area contributed by atoms with Crippen LogP contribution in [-0.4, -0.2) is 17.1 Å².